The molecule has 1 aromatic rings. The van der Waals surface area contributed by atoms with Crippen LogP contribution in [0.15, 0.2) is 22.7 Å². The highest BCUT2D eigenvalue weighted by Crippen LogP contribution is 2.61. The lowest BCUT2D eigenvalue weighted by atomic mass is 10.0. The number of carboxylic acids is 1. The molecule has 96 valence electrons. The van der Waals surface area contributed by atoms with Crippen molar-refractivity contribution in [3.8, 4) is 0 Å². The third-order valence-electron chi connectivity index (χ3n) is 4.12. The Balaban J connectivity index is 1.70. The molecule has 0 aliphatic heterocycles. The zero-order chi connectivity index (χ0) is 12.8. The van der Waals surface area contributed by atoms with E-state index in [1.807, 2.05) is 6.07 Å². The van der Waals surface area contributed by atoms with Crippen LogP contribution < -0.4 is 5.32 Å². The van der Waals surface area contributed by atoms with Crippen molar-refractivity contribution in [3.63, 3.8) is 0 Å². The molecular weight excluding hydrogens is 294 g/mol. The van der Waals surface area contributed by atoms with E-state index in [2.05, 4.69) is 21.2 Å². The molecular formula is C14H16BrNO2. The Hall–Kier alpha value is -1.03. The first-order valence-electron chi connectivity index (χ1n) is 6.37. The summed E-state index contributed by atoms with van der Waals surface area (Å²) < 4.78 is 0.807. The fourth-order valence-electron chi connectivity index (χ4n) is 2.68. The second-order valence-corrected chi connectivity index (χ2v) is 6.44. The molecule has 0 atom stereocenters. The number of aromatic carboxylic acids is 1. The molecule has 0 saturated heterocycles. The number of nitrogens with one attached hydrogen (secondary N) is 1. The third kappa shape index (κ3) is 2.39. The Morgan fingerprint density at radius 1 is 1.39 bits per heavy atom. The Kier molecular flexibility index (Phi) is 2.85. The molecule has 18 heavy (non-hydrogen) atoms. The lowest BCUT2D eigenvalue weighted by Crippen LogP contribution is -2.17. The molecule has 0 bridgehead atoms. The summed E-state index contributed by atoms with van der Waals surface area (Å²) in [4.78, 5) is 11.0. The van der Waals surface area contributed by atoms with Gasteiger partial charge in [-0.2, -0.15) is 0 Å². The van der Waals surface area contributed by atoms with E-state index in [1.54, 1.807) is 12.1 Å². The summed E-state index contributed by atoms with van der Waals surface area (Å²) in [6, 6.07) is 5.27. The van der Waals surface area contributed by atoms with Crippen molar-refractivity contribution in [1.29, 1.82) is 0 Å². The highest BCUT2D eigenvalue weighted by Gasteiger charge is 2.53. The minimum absolute atomic E-state index is 0.322. The van der Waals surface area contributed by atoms with Gasteiger partial charge in [-0.15, -0.1) is 0 Å². The number of benzene rings is 1. The zero-order valence-electron chi connectivity index (χ0n) is 10.1. The number of halogens is 1. The van der Waals surface area contributed by atoms with Crippen LogP contribution in [-0.2, 0) is 0 Å². The first-order valence-corrected chi connectivity index (χ1v) is 7.16. The van der Waals surface area contributed by atoms with Crippen molar-refractivity contribution in [2.75, 3.05) is 11.9 Å². The summed E-state index contributed by atoms with van der Waals surface area (Å²) in [6.45, 7) is 0.979. The molecule has 0 spiro atoms. The van der Waals surface area contributed by atoms with Gasteiger partial charge in [-0.05, 0) is 55.2 Å². The van der Waals surface area contributed by atoms with E-state index in [-0.39, 0.29) is 0 Å². The van der Waals surface area contributed by atoms with Crippen molar-refractivity contribution < 1.29 is 9.90 Å². The highest BCUT2D eigenvalue weighted by molar-refractivity contribution is 9.10. The van der Waals surface area contributed by atoms with Gasteiger partial charge in [-0.3, -0.25) is 0 Å². The molecule has 1 aromatic carbocycles. The number of hydrogen-bond donors (Lipinski definition) is 2. The van der Waals surface area contributed by atoms with Crippen molar-refractivity contribution >= 4 is 27.6 Å². The SMILES string of the molecule is O=C(O)c1cc(Br)cc(NCC2(C3CC3)CC2)c1. The highest BCUT2D eigenvalue weighted by atomic mass is 79.9. The number of hydrogen-bond acceptors (Lipinski definition) is 2. The second-order valence-electron chi connectivity index (χ2n) is 5.52. The summed E-state index contributed by atoms with van der Waals surface area (Å²) in [5.41, 5.74) is 1.74. The van der Waals surface area contributed by atoms with Crippen LogP contribution in [0.25, 0.3) is 0 Å². The zero-order valence-corrected chi connectivity index (χ0v) is 11.7. The molecule has 3 rings (SSSR count). The minimum Gasteiger partial charge on any atom is -0.478 e. The Morgan fingerprint density at radius 2 is 2.11 bits per heavy atom. The Morgan fingerprint density at radius 3 is 2.67 bits per heavy atom. The van der Waals surface area contributed by atoms with Gasteiger partial charge in [0.25, 0.3) is 0 Å². The van der Waals surface area contributed by atoms with Gasteiger partial charge in [0.05, 0.1) is 5.56 Å². The van der Waals surface area contributed by atoms with E-state index in [0.717, 1.165) is 22.6 Å². The van der Waals surface area contributed by atoms with Crippen LogP contribution in [0.1, 0.15) is 36.0 Å². The van der Waals surface area contributed by atoms with Crippen LogP contribution in [0.2, 0.25) is 0 Å². The number of carbonyl (C=O) groups is 1. The van der Waals surface area contributed by atoms with E-state index < -0.39 is 5.97 Å². The van der Waals surface area contributed by atoms with Crippen molar-refractivity contribution in [3.05, 3.63) is 28.2 Å². The number of anilines is 1. The van der Waals surface area contributed by atoms with Gasteiger partial charge in [0.2, 0.25) is 0 Å². The molecule has 2 aliphatic rings. The standard InChI is InChI=1S/C14H16BrNO2/c15-11-5-9(13(17)18)6-12(7-11)16-8-14(3-4-14)10-1-2-10/h5-7,10,16H,1-4,8H2,(H,17,18). The largest absolute Gasteiger partial charge is 0.478 e. The van der Waals surface area contributed by atoms with E-state index in [9.17, 15) is 4.79 Å². The lowest BCUT2D eigenvalue weighted by molar-refractivity contribution is 0.0697. The molecule has 2 N–H and O–H groups in total. The third-order valence-corrected chi connectivity index (χ3v) is 4.58. The first kappa shape index (κ1) is 12.0. The molecule has 2 fully saturated rings. The fourth-order valence-corrected chi connectivity index (χ4v) is 3.17. The van der Waals surface area contributed by atoms with Crippen LogP contribution in [-0.4, -0.2) is 17.6 Å². The summed E-state index contributed by atoms with van der Waals surface area (Å²) in [6.07, 6.45) is 5.40. The molecule has 2 saturated carbocycles. The Labute approximate surface area is 115 Å². The molecule has 4 heteroatoms. The van der Waals surface area contributed by atoms with Gasteiger partial charge >= 0.3 is 5.97 Å². The van der Waals surface area contributed by atoms with Gasteiger partial charge in [0.15, 0.2) is 0 Å². The van der Waals surface area contributed by atoms with Crippen molar-refractivity contribution in [2.24, 2.45) is 11.3 Å². The van der Waals surface area contributed by atoms with Crippen LogP contribution in [0.5, 0.6) is 0 Å². The average molecular weight is 310 g/mol. The first-order chi connectivity index (χ1) is 8.59. The van der Waals surface area contributed by atoms with Gasteiger partial charge in [0, 0.05) is 16.7 Å². The number of rotatable bonds is 5. The van der Waals surface area contributed by atoms with Crippen molar-refractivity contribution in [1.82, 2.24) is 0 Å². The predicted octanol–water partition coefficient (Wildman–Crippen LogP) is 3.75. The smallest absolute Gasteiger partial charge is 0.335 e. The van der Waals surface area contributed by atoms with E-state index in [1.165, 1.54) is 25.7 Å². The Bertz CT molecular complexity index is 493. The molecule has 0 aromatic heterocycles. The molecule has 0 unspecified atom stereocenters. The topological polar surface area (TPSA) is 49.3 Å². The predicted molar refractivity (Wildman–Crippen MR) is 74.0 cm³/mol. The van der Waals surface area contributed by atoms with Gasteiger partial charge in [-0.1, -0.05) is 15.9 Å². The normalized spacial score (nSPS) is 20.5. The second kappa shape index (κ2) is 4.26. The van der Waals surface area contributed by atoms with Crippen LogP contribution in [0, 0.1) is 11.3 Å². The summed E-state index contributed by atoms with van der Waals surface area (Å²) >= 11 is 3.36. The summed E-state index contributed by atoms with van der Waals surface area (Å²) in [7, 11) is 0. The average Bonchev–Trinajstić information content (AvgIpc) is 3.17. The van der Waals surface area contributed by atoms with Gasteiger partial charge in [0.1, 0.15) is 0 Å². The van der Waals surface area contributed by atoms with Crippen LogP contribution in [0.3, 0.4) is 0 Å². The lowest BCUT2D eigenvalue weighted by Gasteiger charge is -2.16. The molecule has 0 amide bonds. The van der Waals surface area contributed by atoms with Gasteiger partial charge < -0.3 is 10.4 Å². The number of carboxylic acid groups (broad SMARTS) is 1. The summed E-state index contributed by atoms with van der Waals surface area (Å²) in [5, 5.41) is 12.4. The quantitative estimate of drug-likeness (QED) is 0.871. The maximum atomic E-state index is 11.0. The van der Waals surface area contributed by atoms with E-state index >= 15 is 0 Å². The summed E-state index contributed by atoms with van der Waals surface area (Å²) in [5.74, 6) is 0.0266. The van der Waals surface area contributed by atoms with E-state index in [4.69, 9.17) is 5.11 Å². The fraction of sp³-hybridized carbons (Fsp3) is 0.500. The van der Waals surface area contributed by atoms with Crippen LogP contribution >= 0.6 is 15.9 Å². The monoisotopic (exact) mass is 309 g/mol. The maximum Gasteiger partial charge on any atom is 0.335 e. The maximum absolute atomic E-state index is 11.0. The molecule has 3 nitrogen and oxygen atoms in total. The van der Waals surface area contributed by atoms with E-state index in [0.29, 0.717) is 11.0 Å². The molecule has 0 radical (unpaired) electrons. The molecule has 2 aliphatic carbocycles. The van der Waals surface area contributed by atoms with Gasteiger partial charge in [-0.25, -0.2) is 4.79 Å². The molecule has 0 heterocycles. The van der Waals surface area contributed by atoms with Crippen molar-refractivity contribution in [2.45, 2.75) is 25.7 Å². The minimum atomic E-state index is -0.886. The van der Waals surface area contributed by atoms with Crippen LogP contribution in [0.4, 0.5) is 5.69 Å².